The van der Waals surface area contributed by atoms with Crippen molar-refractivity contribution in [3.8, 4) is 0 Å². The molecule has 0 spiro atoms. The largest absolute Gasteiger partial charge is 0.412 e. The number of aromatic nitrogens is 2. The second kappa shape index (κ2) is 4.13. The minimum atomic E-state index is -4.38. The summed E-state index contributed by atoms with van der Waals surface area (Å²) in [5, 5.41) is 3.82. The lowest BCUT2D eigenvalue weighted by molar-refractivity contribution is -0.167. The number of hydrogen-bond acceptors (Lipinski definition) is 2. The smallest absolute Gasteiger partial charge is 0.328 e. The van der Waals surface area contributed by atoms with E-state index in [9.17, 15) is 13.2 Å². The van der Waals surface area contributed by atoms with Gasteiger partial charge in [-0.15, -0.1) is 0 Å². The third-order valence-electron chi connectivity index (χ3n) is 2.13. The standard InChI is InChI=1S/C8H11BrF3N3/c1-4-7(9)5(2)15(14-4)6(3-13)8(10,11)12/h6H,3,13H2,1-2H3. The molecule has 1 heterocycles. The second-order valence-electron chi connectivity index (χ2n) is 3.22. The molecule has 1 aromatic heterocycles. The molecular weight excluding hydrogens is 275 g/mol. The lowest BCUT2D eigenvalue weighted by Crippen LogP contribution is -2.34. The number of aryl methyl sites for hydroxylation is 1. The third kappa shape index (κ3) is 2.34. The first-order valence-electron chi connectivity index (χ1n) is 4.27. The zero-order chi connectivity index (χ0) is 11.8. The molecule has 0 saturated heterocycles. The molecular formula is C8H11BrF3N3. The highest BCUT2D eigenvalue weighted by molar-refractivity contribution is 9.10. The Morgan fingerprint density at radius 1 is 1.47 bits per heavy atom. The maximum atomic E-state index is 12.6. The van der Waals surface area contributed by atoms with Crippen LogP contribution in [0.4, 0.5) is 13.2 Å². The Morgan fingerprint density at radius 2 is 2.00 bits per heavy atom. The monoisotopic (exact) mass is 285 g/mol. The molecule has 3 nitrogen and oxygen atoms in total. The fourth-order valence-corrected chi connectivity index (χ4v) is 1.58. The van der Waals surface area contributed by atoms with Crippen LogP contribution < -0.4 is 5.73 Å². The van der Waals surface area contributed by atoms with E-state index < -0.39 is 18.8 Å². The highest BCUT2D eigenvalue weighted by Gasteiger charge is 2.41. The number of halogens is 4. The van der Waals surface area contributed by atoms with E-state index in [1.165, 1.54) is 0 Å². The molecule has 0 fully saturated rings. The molecule has 0 aliphatic heterocycles. The lowest BCUT2D eigenvalue weighted by Gasteiger charge is -2.20. The number of nitrogens with zero attached hydrogens (tertiary/aromatic N) is 2. The molecule has 2 N–H and O–H groups in total. The predicted molar refractivity (Wildman–Crippen MR) is 53.5 cm³/mol. The van der Waals surface area contributed by atoms with Gasteiger partial charge in [0.25, 0.3) is 0 Å². The Kier molecular flexibility index (Phi) is 3.44. The van der Waals surface area contributed by atoms with Crippen LogP contribution in [0.1, 0.15) is 17.4 Å². The molecule has 0 aliphatic rings. The molecule has 1 atom stereocenters. The Morgan fingerprint density at radius 3 is 2.27 bits per heavy atom. The summed E-state index contributed by atoms with van der Waals surface area (Å²) in [6.07, 6.45) is -4.38. The third-order valence-corrected chi connectivity index (χ3v) is 3.28. The summed E-state index contributed by atoms with van der Waals surface area (Å²) < 4.78 is 39.2. The van der Waals surface area contributed by atoms with Gasteiger partial charge in [-0.25, -0.2) is 0 Å². The van der Waals surface area contributed by atoms with Crippen molar-refractivity contribution in [1.29, 1.82) is 0 Å². The van der Waals surface area contributed by atoms with E-state index in [1.807, 2.05) is 0 Å². The first-order valence-corrected chi connectivity index (χ1v) is 5.06. The summed E-state index contributed by atoms with van der Waals surface area (Å²) in [5.41, 5.74) is 6.08. The van der Waals surface area contributed by atoms with Crippen LogP contribution in [-0.2, 0) is 0 Å². The number of rotatable bonds is 2. The van der Waals surface area contributed by atoms with E-state index in [4.69, 9.17) is 5.73 Å². The number of alkyl halides is 3. The zero-order valence-corrected chi connectivity index (χ0v) is 9.85. The quantitative estimate of drug-likeness (QED) is 0.906. The molecule has 0 saturated carbocycles. The van der Waals surface area contributed by atoms with Gasteiger partial charge in [0, 0.05) is 6.54 Å². The van der Waals surface area contributed by atoms with Crippen LogP contribution in [-0.4, -0.2) is 22.5 Å². The van der Waals surface area contributed by atoms with Gasteiger partial charge in [-0.1, -0.05) is 0 Å². The number of hydrogen-bond donors (Lipinski definition) is 1. The molecule has 0 radical (unpaired) electrons. The van der Waals surface area contributed by atoms with E-state index in [0.717, 1.165) is 4.68 Å². The normalized spacial score (nSPS) is 14.3. The van der Waals surface area contributed by atoms with Crippen LogP contribution in [0.5, 0.6) is 0 Å². The Hall–Kier alpha value is -0.560. The molecule has 0 aliphatic carbocycles. The van der Waals surface area contributed by atoms with Gasteiger partial charge >= 0.3 is 6.18 Å². The van der Waals surface area contributed by atoms with Crippen molar-refractivity contribution in [3.05, 3.63) is 15.9 Å². The van der Waals surface area contributed by atoms with Gasteiger partial charge in [0.05, 0.1) is 15.9 Å². The van der Waals surface area contributed by atoms with Gasteiger partial charge in [-0.3, -0.25) is 4.68 Å². The van der Waals surface area contributed by atoms with Crippen molar-refractivity contribution in [2.75, 3.05) is 6.54 Å². The molecule has 0 amide bonds. The first-order chi connectivity index (χ1) is 6.79. The van der Waals surface area contributed by atoms with E-state index in [0.29, 0.717) is 15.9 Å². The molecule has 15 heavy (non-hydrogen) atoms. The fraction of sp³-hybridized carbons (Fsp3) is 0.625. The van der Waals surface area contributed by atoms with Gasteiger partial charge < -0.3 is 5.73 Å². The molecule has 0 bridgehead atoms. The van der Waals surface area contributed by atoms with Crippen molar-refractivity contribution in [1.82, 2.24) is 9.78 Å². The van der Waals surface area contributed by atoms with Gasteiger partial charge in [-0.2, -0.15) is 18.3 Å². The summed E-state index contributed by atoms with van der Waals surface area (Å²) in [6.45, 7) is 2.69. The first kappa shape index (κ1) is 12.5. The molecule has 1 aromatic rings. The maximum Gasteiger partial charge on any atom is 0.412 e. The Labute approximate surface area is 93.6 Å². The summed E-state index contributed by atoms with van der Waals surface area (Å²) in [5.74, 6) is 0. The SMILES string of the molecule is Cc1nn(C(CN)C(F)(F)F)c(C)c1Br. The van der Waals surface area contributed by atoms with Crippen molar-refractivity contribution in [2.24, 2.45) is 5.73 Å². The summed E-state index contributed by atoms with van der Waals surface area (Å²) in [7, 11) is 0. The van der Waals surface area contributed by atoms with Crippen LogP contribution in [0.2, 0.25) is 0 Å². The summed E-state index contributed by atoms with van der Waals surface area (Å²) in [6, 6.07) is -1.76. The van der Waals surface area contributed by atoms with E-state index in [2.05, 4.69) is 21.0 Å². The Balaban J connectivity index is 3.19. The van der Waals surface area contributed by atoms with Crippen LogP contribution in [0.3, 0.4) is 0 Å². The van der Waals surface area contributed by atoms with Crippen LogP contribution >= 0.6 is 15.9 Å². The fourth-order valence-electron chi connectivity index (χ4n) is 1.32. The van der Waals surface area contributed by atoms with E-state index in [1.54, 1.807) is 13.8 Å². The van der Waals surface area contributed by atoms with Crippen molar-refractivity contribution < 1.29 is 13.2 Å². The van der Waals surface area contributed by atoms with Crippen molar-refractivity contribution in [3.63, 3.8) is 0 Å². The molecule has 86 valence electrons. The van der Waals surface area contributed by atoms with Crippen LogP contribution in [0, 0.1) is 13.8 Å². The maximum absolute atomic E-state index is 12.6. The average Bonchev–Trinajstić information content (AvgIpc) is 2.33. The van der Waals surface area contributed by atoms with E-state index >= 15 is 0 Å². The summed E-state index contributed by atoms with van der Waals surface area (Å²) in [4.78, 5) is 0. The van der Waals surface area contributed by atoms with Crippen molar-refractivity contribution >= 4 is 15.9 Å². The molecule has 1 rings (SSSR count). The zero-order valence-electron chi connectivity index (χ0n) is 8.27. The van der Waals surface area contributed by atoms with Crippen LogP contribution in [0.25, 0.3) is 0 Å². The summed E-state index contributed by atoms with van der Waals surface area (Å²) >= 11 is 3.17. The van der Waals surface area contributed by atoms with Crippen LogP contribution in [0.15, 0.2) is 4.47 Å². The Bertz CT molecular complexity index is 359. The van der Waals surface area contributed by atoms with Gasteiger partial charge in [0.15, 0.2) is 6.04 Å². The topological polar surface area (TPSA) is 43.8 Å². The molecule has 7 heteroatoms. The number of nitrogens with two attached hydrogens (primary N) is 1. The molecule has 0 aromatic carbocycles. The average molecular weight is 286 g/mol. The molecule has 1 unspecified atom stereocenters. The predicted octanol–water partition coefficient (Wildman–Crippen LogP) is 2.32. The minimum absolute atomic E-state index is 0.431. The van der Waals surface area contributed by atoms with Crippen molar-refractivity contribution in [2.45, 2.75) is 26.1 Å². The van der Waals surface area contributed by atoms with Gasteiger partial charge in [-0.05, 0) is 29.8 Å². The highest BCUT2D eigenvalue weighted by atomic mass is 79.9. The van der Waals surface area contributed by atoms with Gasteiger partial charge in [0.2, 0.25) is 0 Å². The lowest BCUT2D eigenvalue weighted by atomic mass is 10.3. The second-order valence-corrected chi connectivity index (χ2v) is 4.02. The minimum Gasteiger partial charge on any atom is -0.328 e. The van der Waals surface area contributed by atoms with Gasteiger partial charge in [0.1, 0.15) is 0 Å². The highest BCUT2D eigenvalue weighted by Crippen LogP contribution is 2.32. The van der Waals surface area contributed by atoms with E-state index in [-0.39, 0.29) is 0 Å².